The van der Waals surface area contributed by atoms with Gasteiger partial charge in [0, 0.05) is 0 Å². The Labute approximate surface area is 43.5 Å². The number of esters is 1. The van der Waals surface area contributed by atoms with E-state index >= 15 is 0 Å². The van der Waals surface area contributed by atoms with Crippen LogP contribution in [0.1, 0.15) is 7.43 Å². The number of carbonyl (C=O) groups is 1. The molecule has 0 aromatic carbocycles. The number of carbonyl (C=O) groups excluding carboxylic acids is 1. The van der Waals surface area contributed by atoms with E-state index in [0.29, 0.717) is 0 Å². The van der Waals surface area contributed by atoms with Crippen LogP contribution < -0.4 is 5.73 Å². The van der Waals surface area contributed by atoms with Crippen LogP contribution in [-0.4, -0.2) is 19.6 Å². The zero-order valence-electron chi connectivity index (χ0n) is 3.60. The third-order valence-corrected chi connectivity index (χ3v) is 0.394. The molecule has 0 aliphatic heterocycles. The van der Waals surface area contributed by atoms with Gasteiger partial charge in [0.05, 0.1) is 13.7 Å². The van der Waals surface area contributed by atoms with Crippen LogP contribution in [0.3, 0.4) is 0 Å². The fourth-order valence-electron chi connectivity index (χ4n) is 0.0833. The Bertz CT molecular complexity index is 47.7. The van der Waals surface area contributed by atoms with E-state index in [1.807, 2.05) is 0 Å². The highest BCUT2D eigenvalue weighted by atomic mass is 16.5. The van der Waals surface area contributed by atoms with Gasteiger partial charge in [-0.05, 0) is 0 Å². The van der Waals surface area contributed by atoms with Crippen molar-refractivity contribution in [1.82, 2.24) is 0 Å². The summed E-state index contributed by atoms with van der Waals surface area (Å²) in [6.07, 6.45) is 0. The van der Waals surface area contributed by atoms with Crippen molar-refractivity contribution in [1.29, 1.82) is 0 Å². The lowest BCUT2D eigenvalue weighted by atomic mass is 10.7. The average molecular weight is 105 g/mol. The van der Waals surface area contributed by atoms with Gasteiger partial charge in [-0.1, -0.05) is 7.43 Å². The van der Waals surface area contributed by atoms with Gasteiger partial charge in [-0.3, -0.25) is 4.79 Å². The lowest BCUT2D eigenvalue weighted by molar-refractivity contribution is -0.138. The summed E-state index contributed by atoms with van der Waals surface area (Å²) in [4.78, 5) is 9.83. The number of rotatable bonds is 1. The van der Waals surface area contributed by atoms with Gasteiger partial charge < -0.3 is 10.5 Å². The van der Waals surface area contributed by atoms with E-state index in [2.05, 4.69) is 4.74 Å². The summed E-state index contributed by atoms with van der Waals surface area (Å²) in [5, 5.41) is 0. The third kappa shape index (κ3) is 5.43. The molecule has 0 aromatic rings. The molecule has 3 nitrogen and oxygen atoms in total. The predicted molar refractivity (Wildman–Crippen MR) is 27.8 cm³/mol. The van der Waals surface area contributed by atoms with Gasteiger partial charge in [-0.2, -0.15) is 0 Å². The van der Waals surface area contributed by atoms with E-state index in [-0.39, 0.29) is 19.9 Å². The summed E-state index contributed by atoms with van der Waals surface area (Å²) in [6, 6.07) is 0. The van der Waals surface area contributed by atoms with Gasteiger partial charge in [-0.25, -0.2) is 0 Å². The average Bonchev–Trinajstić information content (AvgIpc) is 1.65. The number of nitrogens with two attached hydrogens (primary N) is 1. The van der Waals surface area contributed by atoms with Crippen molar-refractivity contribution in [2.24, 2.45) is 5.73 Å². The standard InChI is InChI=1S/C3H7NO2.CH4/c1-6-3(5)2-4;/h2,4H2,1H3;1H4. The van der Waals surface area contributed by atoms with Crippen LogP contribution in [0.15, 0.2) is 0 Å². The zero-order valence-corrected chi connectivity index (χ0v) is 3.60. The molecule has 0 aliphatic carbocycles. The van der Waals surface area contributed by atoms with Crippen LogP contribution >= 0.6 is 0 Å². The Morgan fingerprint density at radius 2 is 2.29 bits per heavy atom. The second-order valence-corrected chi connectivity index (χ2v) is 0.780. The number of methoxy groups -OCH3 is 1. The van der Waals surface area contributed by atoms with E-state index in [9.17, 15) is 4.79 Å². The van der Waals surface area contributed by atoms with Crippen LogP contribution in [-0.2, 0) is 9.53 Å². The summed E-state index contributed by atoms with van der Waals surface area (Å²) in [5.41, 5.74) is 4.81. The maximum absolute atomic E-state index is 9.83. The minimum Gasteiger partial charge on any atom is -0.468 e. The van der Waals surface area contributed by atoms with E-state index in [0.717, 1.165) is 0 Å². The number of hydrogen-bond acceptors (Lipinski definition) is 3. The molecule has 0 saturated carbocycles. The molecule has 0 unspecified atom stereocenters. The first kappa shape index (κ1) is 9.66. The molecule has 0 fully saturated rings. The normalized spacial score (nSPS) is 6.57. The SMILES string of the molecule is C.COC(=O)CN. The highest BCUT2D eigenvalue weighted by Crippen LogP contribution is 1.61. The molecule has 3 heteroatoms. The zero-order chi connectivity index (χ0) is 4.99. The molecule has 0 rings (SSSR count). The molecule has 0 amide bonds. The van der Waals surface area contributed by atoms with Gasteiger partial charge in [0.25, 0.3) is 0 Å². The van der Waals surface area contributed by atoms with Crippen molar-refractivity contribution in [3.05, 3.63) is 0 Å². The molecule has 0 atom stereocenters. The summed E-state index contributed by atoms with van der Waals surface area (Å²) < 4.78 is 4.14. The van der Waals surface area contributed by atoms with E-state index in [4.69, 9.17) is 5.73 Å². The van der Waals surface area contributed by atoms with Crippen molar-refractivity contribution in [3.8, 4) is 0 Å². The molecule has 44 valence electrons. The lowest BCUT2D eigenvalue weighted by Gasteiger charge is -1.87. The first-order valence-corrected chi connectivity index (χ1v) is 1.58. The topological polar surface area (TPSA) is 52.3 Å². The molecule has 0 radical (unpaired) electrons. The molecule has 0 spiro atoms. The Morgan fingerprint density at radius 1 is 1.86 bits per heavy atom. The first-order chi connectivity index (χ1) is 2.81. The molecule has 0 aliphatic rings. The van der Waals surface area contributed by atoms with Gasteiger partial charge in [0.1, 0.15) is 0 Å². The molecule has 0 bridgehead atoms. The van der Waals surface area contributed by atoms with E-state index in [1.165, 1.54) is 7.11 Å². The maximum Gasteiger partial charge on any atom is 0.319 e. The number of ether oxygens (including phenoxy) is 1. The molecular formula is C4H11NO2. The van der Waals surface area contributed by atoms with Crippen molar-refractivity contribution in [2.45, 2.75) is 7.43 Å². The largest absolute Gasteiger partial charge is 0.468 e. The summed E-state index contributed by atoms with van der Waals surface area (Å²) in [5.74, 6) is -0.380. The second kappa shape index (κ2) is 5.43. The Kier molecular flexibility index (Phi) is 7.49. The van der Waals surface area contributed by atoms with Crippen molar-refractivity contribution >= 4 is 5.97 Å². The minimum atomic E-state index is -0.380. The van der Waals surface area contributed by atoms with Gasteiger partial charge in [0.15, 0.2) is 0 Å². The van der Waals surface area contributed by atoms with Crippen molar-refractivity contribution in [3.63, 3.8) is 0 Å². The third-order valence-electron chi connectivity index (χ3n) is 0.394. The van der Waals surface area contributed by atoms with Gasteiger partial charge in [-0.15, -0.1) is 0 Å². The van der Waals surface area contributed by atoms with Crippen LogP contribution in [0.25, 0.3) is 0 Å². The Balaban J connectivity index is 0. The van der Waals surface area contributed by atoms with Crippen LogP contribution in [0.2, 0.25) is 0 Å². The molecule has 0 aromatic heterocycles. The van der Waals surface area contributed by atoms with Crippen LogP contribution in [0.5, 0.6) is 0 Å². The molecule has 0 heterocycles. The number of hydrogen-bond donors (Lipinski definition) is 1. The highest BCUT2D eigenvalue weighted by Gasteiger charge is 1.87. The molecule has 7 heavy (non-hydrogen) atoms. The monoisotopic (exact) mass is 105 g/mol. The second-order valence-electron chi connectivity index (χ2n) is 0.780. The lowest BCUT2D eigenvalue weighted by Crippen LogP contribution is -2.14. The van der Waals surface area contributed by atoms with Crippen molar-refractivity contribution < 1.29 is 9.53 Å². The smallest absolute Gasteiger partial charge is 0.319 e. The maximum atomic E-state index is 9.83. The fourth-order valence-corrected chi connectivity index (χ4v) is 0.0833. The van der Waals surface area contributed by atoms with Crippen LogP contribution in [0, 0.1) is 0 Å². The summed E-state index contributed by atoms with van der Waals surface area (Å²) in [6.45, 7) is -0.0312. The molecular weight excluding hydrogens is 94.0 g/mol. The fraction of sp³-hybridized carbons (Fsp3) is 0.750. The summed E-state index contributed by atoms with van der Waals surface area (Å²) >= 11 is 0. The van der Waals surface area contributed by atoms with Crippen molar-refractivity contribution in [2.75, 3.05) is 13.7 Å². The minimum absolute atomic E-state index is 0. The molecule has 2 N–H and O–H groups in total. The molecule has 0 saturated heterocycles. The van der Waals surface area contributed by atoms with Crippen LogP contribution in [0.4, 0.5) is 0 Å². The van der Waals surface area contributed by atoms with E-state index in [1.54, 1.807) is 0 Å². The van der Waals surface area contributed by atoms with Gasteiger partial charge >= 0.3 is 5.97 Å². The van der Waals surface area contributed by atoms with E-state index < -0.39 is 0 Å². The quantitative estimate of drug-likeness (QED) is 0.468. The predicted octanol–water partition coefficient (Wildman–Crippen LogP) is -0.246. The Morgan fingerprint density at radius 3 is 2.29 bits per heavy atom. The summed E-state index contributed by atoms with van der Waals surface area (Å²) in [7, 11) is 1.30. The van der Waals surface area contributed by atoms with Gasteiger partial charge in [0.2, 0.25) is 0 Å². The first-order valence-electron chi connectivity index (χ1n) is 1.58. The highest BCUT2D eigenvalue weighted by molar-refractivity contribution is 5.70. The Hall–Kier alpha value is -0.570.